The maximum atomic E-state index is 12.9. The van der Waals surface area contributed by atoms with Crippen LogP contribution in [0.2, 0.25) is 0 Å². The second-order valence-corrected chi connectivity index (χ2v) is 8.20. The average molecular weight is 458 g/mol. The molecule has 4 aromatic carbocycles. The Hall–Kier alpha value is -4.70. The molecule has 0 unspecified atom stereocenters. The molecule has 1 aliphatic rings. The first-order chi connectivity index (χ1) is 17.1. The van der Waals surface area contributed by atoms with E-state index < -0.39 is 0 Å². The van der Waals surface area contributed by atoms with Gasteiger partial charge in [-0.25, -0.2) is 0 Å². The molecule has 1 amide bonds. The lowest BCUT2D eigenvalue weighted by molar-refractivity contribution is -0.111. The highest BCUT2D eigenvalue weighted by atomic mass is 16.5. The van der Waals surface area contributed by atoms with Gasteiger partial charge in [-0.05, 0) is 64.2 Å². The summed E-state index contributed by atoms with van der Waals surface area (Å²) in [6, 6.07) is 30.5. The average Bonchev–Trinajstić information content (AvgIpc) is 2.91. The topological polar surface area (TPSA) is 55.4 Å². The number of amides is 1. The number of ketones is 1. The van der Waals surface area contributed by atoms with Crippen molar-refractivity contribution in [1.82, 2.24) is 0 Å². The zero-order valence-electron chi connectivity index (χ0n) is 19.2. The lowest BCUT2D eigenvalue weighted by Gasteiger charge is -2.21. The van der Waals surface area contributed by atoms with Gasteiger partial charge in [-0.2, -0.15) is 0 Å². The van der Waals surface area contributed by atoms with Crippen molar-refractivity contribution in [3.05, 3.63) is 137 Å². The van der Waals surface area contributed by atoms with Crippen molar-refractivity contribution >= 4 is 35.1 Å². The molecule has 170 valence electrons. The third-order valence-electron chi connectivity index (χ3n) is 5.96. The molecule has 0 spiro atoms. The lowest BCUT2D eigenvalue weighted by Crippen LogP contribution is -2.14. The van der Waals surface area contributed by atoms with Gasteiger partial charge in [0.1, 0.15) is 5.75 Å². The first-order valence-electron chi connectivity index (χ1n) is 11.3. The lowest BCUT2D eigenvalue weighted by atomic mass is 9.81. The Morgan fingerprint density at radius 3 is 1.83 bits per heavy atom. The number of nitrogens with one attached hydrogen (secondary N) is 1. The SMILES string of the molecule is COc1ccc(/C=C/C(=O)Nc2ccc(C=C3c4ccccc4C(=O)c4ccccc43)cc2)cc1. The van der Waals surface area contributed by atoms with Crippen molar-refractivity contribution < 1.29 is 14.3 Å². The van der Waals surface area contributed by atoms with Crippen molar-refractivity contribution in [3.63, 3.8) is 0 Å². The Balaban J connectivity index is 1.35. The molecule has 0 bridgehead atoms. The molecule has 1 aliphatic carbocycles. The fourth-order valence-corrected chi connectivity index (χ4v) is 4.18. The van der Waals surface area contributed by atoms with E-state index in [1.165, 1.54) is 6.08 Å². The van der Waals surface area contributed by atoms with E-state index in [0.717, 1.165) is 33.6 Å². The number of ether oxygens (including phenoxy) is 1. The molecule has 5 rings (SSSR count). The second-order valence-electron chi connectivity index (χ2n) is 8.20. The molecule has 35 heavy (non-hydrogen) atoms. The molecular weight excluding hydrogens is 434 g/mol. The molecule has 0 aliphatic heterocycles. The van der Waals surface area contributed by atoms with Gasteiger partial charge in [-0.1, -0.05) is 72.8 Å². The maximum absolute atomic E-state index is 12.9. The second kappa shape index (κ2) is 9.65. The first kappa shape index (κ1) is 22.1. The summed E-state index contributed by atoms with van der Waals surface area (Å²) in [5.41, 5.74) is 6.88. The molecule has 0 heterocycles. The Bertz CT molecular complexity index is 1410. The summed E-state index contributed by atoms with van der Waals surface area (Å²) in [4.78, 5) is 25.3. The van der Waals surface area contributed by atoms with Gasteiger partial charge in [-0.3, -0.25) is 9.59 Å². The summed E-state index contributed by atoms with van der Waals surface area (Å²) in [5, 5.41) is 2.89. The van der Waals surface area contributed by atoms with E-state index >= 15 is 0 Å². The van der Waals surface area contributed by atoms with E-state index in [4.69, 9.17) is 4.74 Å². The van der Waals surface area contributed by atoms with Gasteiger partial charge in [0.15, 0.2) is 5.78 Å². The van der Waals surface area contributed by atoms with Crippen molar-refractivity contribution in [2.75, 3.05) is 12.4 Å². The zero-order chi connectivity index (χ0) is 24.2. The molecular formula is C31H23NO3. The van der Waals surface area contributed by atoms with Crippen LogP contribution in [0.25, 0.3) is 17.7 Å². The van der Waals surface area contributed by atoms with Crippen LogP contribution in [0.3, 0.4) is 0 Å². The number of carbonyl (C=O) groups is 2. The molecule has 0 atom stereocenters. The fourth-order valence-electron chi connectivity index (χ4n) is 4.18. The number of hydrogen-bond donors (Lipinski definition) is 1. The van der Waals surface area contributed by atoms with E-state index in [9.17, 15) is 9.59 Å². The highest BCUT2D eigenvalue weighted by molar-refractivity contribution is 6.20. The number of anilines is 1. The van der Waals surface area contributed by atoms with E-state index in [1.807, 2.05) is 97.1 Å². The normalized spacial score (nSPS) is 12.1. The molecule has 0 saturated heterocycles. The third-order valence-corrected chi connectivity index (χ3v) is 5.96. The molecule has 0 radical (unpaired) electrons. The largest absolute Gasteiger partial charge is 0.497 e. The van der Waals surface area contributed by atoms with Crippen LogP contribution < -0.4 is 10.1 Å². The fraction of sp³-hybridized carbons (Fsp3) is 0.0323. The van der Waals surface area contributed by atoms with Crippen LogP contribution in [0.4, 0.5) is 5.69 Å². The van der Waals surface area contributed by atoms with Crippen molar-refractivity contribution in [1.29, 1.82) is 0 Å². The van der Waals surface area contributed by atoms with E-state index in [0.29, 0.717) is 16.8 Å². The van der Waals surface area contributed by atoms with Gasteiger partial charge >= 0.3 is 0 Å². The van der Waals surface area contributed by atoms with Crippen LogP contribution in [0, 0.1) is 0 Å². The standard InChI is InChI=1S/C31H23NO3/c1-35-24-17-12-21(13-18-24)14-19-30(33)32-23-15-10-22(11-16-23)20-29-25-6-2-4-8-27(25)31(34)28-9-5-3-7-26(28)29/h2-20H,1H3,(H,32,33)/b19-14+. The number of rotatable bonds is 5. The van der Waals surface area contributed by atoms with Gasteiger partial charge in [0, 0.05) is 22.9 Å². The van der Waals surface area contributed by atoms with Crippen molar-refractivity contribution in [2.45, 2.75) is 0 Å². The number of benzene rings is 4. The summed E-state index contributed by atoms with van der Waals surface area (Å²) in [7, 11) is 1.62. The molecule has 4 nitrogen and oxygen atoms in total. The predicted molar refractivity (Wildman–Crippen MR) is 140 cm³/mol. The number of carbonyl (C=O) groups excluding carboxylic acids is 2. The quantitative estimate of drug-likeness (QED) is 0.307. The Morgan fingerprint density at radius 1 is 0.714 bits per heavy atom. The highest BCUT2D eigenvalue weighted by Gasteiger charge is 2.26. The Kier molecular flexibility index (Phi) is 6.10. The van der Waals surface area contributed by atoms with Crippen LogP contribution in [0.15, 0.2) is 103 Å². The molecule has 0 aromatic heterocycles. The van der Waals surface area contributed by atoms with Crippen LogP contribution in [-0.4, -0.2) is 18.8 Å². The van der Waals surface area contributed by atoms with E-state index in [-0.39, 0.29) is 11.7 Å². The van der Waals surface area contributed by atoms with Crippen LogP contribution in [0.1, 0.15) is 38.2 Å². The number of hydrogen-bond acceptors (Lipinski definition) is 3. The number of methoxy groups -OCH3 is 1. The minimum absolute atomic E-state index is 0.0501. The smallest absolute Gasteiger partial charge is 0.248 e. The molecule has 0 fully saturated rings. The third kappa shape index (κ3) is 4.68. The summed E-state index contributed by atoms with van der Waals surface area (Å²) in [6.45, 7) is 0. The van der Waals surface area contributed by atoms with E-state index in [2.05, 4.69) is 11.4 Å². The molecule has 1 N–H and O–H groups in total. The highest BCUT2D eigenvalue weighted by Crippen LogP contribution is 2.37. The van der Waals surface area contributed by atoms with Crippen molar-refractivity contribution in [3.8, 4) is 5.75 Å². The zero-order valence-corrected chi connectivity index (χ0v) is 19.2. The summed E-state index contributed by atoms with van der Waals surface area (Å²) < 4.78 is 5.15. The minimum Gasteiger partial charge on any atom is -0.497 e. The van der Waals surface area contributed by atoms with Gasteiger partial charge < -0.3 is 10.1 Å². The minimum atomic E-state index is -0.208. The molecule has 4 heteroatoms. The maximum Gasteiger partial charge on any atom is 0.248 e. The Morgan fingerprint density at radius 2 is 1.26 bits per heavy atom. The summed E-state index contributed by atoms with van der Waals surface area (Å²) >= 11 is 0. The number of fused-ring (bicyclic) bond motifs is 2. The molecule has 4 aromatic rings. The van der Waals surface area contributed by atoms with Crippen LogP contribution in [0.5, 0.6) is 5.75 Å². The van der Waals surface area contributed by atoms with Gasteiger partial charge in [-0.15, -0.1) is 0 Å². The summed E-state index contributed by atoms with van der Waals surface area (Å²) in [6.07, 6.45) is 5.34. The van der Waals surface area contributed by atoms with Crippen LogP contribution in [-0.2, 0) is 4.79 Å². The van der Waals surface area contributed by atoms with Crippen molar-refractivity contribution in [2.24, 2.45) is 0 Å². The predicted octanol–water partition coefficient (Wildman–Crippen LogP) is 6.48. The monoisotopic (exact) mass is 457 g/mol. The van der Waals surface area contributed by atoms with Gasteiger partial charge in [0.2, 0.25) is 5.91 Å². The summed E-state index contributed by atoms with van der Waals surface area (Å²) in [5.74, 6) is 0.614. The Labute approximate surface area is 204 Å². The molecule has 0 saturated carbocycles. The van der Waals surface area contributed by atoms with Gasteiger partial charge in [0.05, 0.1) is 7.11 Å². The van der Waals surface area contributed by atoms with Crippen LogP contribution >= 0.6 is 0 Å². The first-order valence-corrected chi connectivity index (χ1v) is 11.3. The van der Waals surface area contributed by atoms with Gasteiger partial charge in [0.25, 0.3) is 0 Å². The van der Waals surface area contributed by atoms with E-state index in [1.54, 1.807) is 13.2 Å².